The summed E-state index contributed by atoms with van der Waals surface area (Å²) in [6.07, 6.45) is 5.73. The van der Waals surface area contributed by atoms with Crippen LogP contribution in [0.1, 0.15) is 36.0 Å². The zero-order chi connectivity index (χ0) is 11.9. The molecule has 3 heteroatoms. The maximum atomic E-state index is 10.5. The number of carbonyl (C=O) groups is 1. The summed E-state index contributed by atoms with van der Waals surface area (Å²) in [6.45, 7) is 1.56. The van der Waals surface area contributed by atoms with Crippen molar-refractivity contribution in [2.45, 2.75) is 31.8 Å². The Bertz CT molecular complexity index is 339. The molecule has 0 N–H and O–H groups in total. The lowest BCUT2D eigenvalue weighted by Crippen LogP contribution is -2.21. The summed E-state index contributed by atoms with van der Waals surface area (Å²) in [6, 6.07) is 7.18. The first-order valence-corrected chi connectivity index (χ1v) is 6.18. The highest BCUT2D eigenvalue weighted by atomic mass is 16.5. The summed E-state index contributed by atoms with van der Waals surface area (Å²) in [7, 11) is 0. The van der Waals surface area contributed by atoms with Crippen molar-refractivity contribution >= 4 is 6.29 Å². The molecule has 2 rings (SSSR count). The van der Waals surface area contributed by atoms with E-state index in [0.717, 1.165) is 31.5 Å². The Morgan fingerprint density at radius 1 is 1.29 bits per heavy atom. The summed E-state index contributed by atoms with van der Waals surface area (Å²) in [5.74, 6) is 0.811. The highest BCUT2D eigenvalue weighted by Crippen LogP contribution is 2.17. The van der Waals surface area contributed by atoms with Crippen molar-refractivity contribution in [1.82, 2.24) is 0 Å². The summed E-state index contributed by atoms with van der Waals surface area (Å²) in [5.41, 5.74) is 0.674. The molecule has 1 aromatic carbocycles. The first-order valence-electron chi connectivity index (χ1n) is 6.18. The van der Waals surface area contributed by atoms with Gasteiger partial charge in [0, 0.05) is 18.6 Å². The Balaban J connectivity index is 1.71. The van der Waals surface area contributed by atoms with E-state index in [1.165, 1.54) is 12.8 Å². The minimum absolute atomic E-state index is 0.359. The quantitative estimate of drug-likeness (QED) is 0.735. The number of benzene rings is 1. The number of rotatable bonds is 5. The van der Waals surface area contributed by atoms with E-state index in [4.69, 9.17) is 9.47 Å². The van der Waals surface area contributed by atoms with Crippen LogP contribution in [0.2, 0.25) is 0 Å². The molecule has 17 heavy (non-hydrogen) atoms. The number of carbonyl (C=O) groups excluding carboxylic acids is 1. The maximum Gasteiger partial charge on any atom is 0.150 e. The standard InChI is InChI=1S/C14H18O3/c15-11-12-4-6-14(7-5-12)17-10-8-13-3-1-2-9-16-13/h4-7,11,13H,1-3,8-10H2. The Morgan fingerprint density at radius 2 is 2.12 bits per heavy atom. The molecule has 1 aliphatic rings. The fraction of sp³-hybridized carbons (Fsp3) is 0.500. The van der Waals surface area contributed by atoms with Gasteiger partial charge in [-0.1, -0.05) is 0 Å². The molecular weight excluding hydrogens is 216 g/mol. The van der Waals surface area contributed by atoms with Gasteiger partial charge in [-0.3, -0.25) is 4.79 Å². The topological polar surface area (TPSA) is 35.5 Å². The van der Waals surface area contributed by atoms with Crippen molar-refractivity contribution in [3.05, 3.63) is 29.8 Å². The molecule has 3 nitrogen and oxygen atoms in total. The van der Waals surface area contributed by atoms with Crippen LogP contribution >= 0.6 is 0 Å². The number of aldehydes is 1. The molecule has 1 atom stereocenters. The fourth-order valence-electron chi connectivity index (χ4n) is 1.99. The molecule has 1 aromatic rings. The van der Waals surface area contributed by atoms with Gasteiger partial charge in [0.15, 0.2) is 0 Å². The van der Waals surface area contributed by atoms with Gasteiger partial charge in [0.1, 0.15) is 12.0 Å². The molecule has 0 aliphatic carbocycles. The predicted octanol–water partition coefficient (Wildman–Crippen LogP) is 2.84. The molecule has 1 fully saturated rings. The van der Waals surface area contributed by atoms with Gasteiger partial charge in [0.05, 0.1) is 12.7 Å². The minimum Gasteiger partial charge on any atom is -0.493 e. The van der Waals surface area contributed by atoms with Crippen LogP contribution in [0, 0.1) is 0 Å². The van der Waals surface area contributed by atoms with Gasteiger partial charge in [-0.2, -0.15) is 0 Å². The Labute approximate surface area is 102 Å². The maximum absolute atomic E-state index is 10.5. The number of hydrogen-bond acceptors (Lipinski definition) is 3. The molecule has 0 spiro atoms. The van der Waals surface area contributed by atoms with Crippen LogP contribution in [-0.2, 0) is 4.74 Å². The lowest BCUT2D eigenvalue weighted by molar-refractivity contribution is 0.00405. The van der Waals surface area contributed by atoms with E-state index in [2.05, 4.69) is 0 Å². The van der Waals surface area contributed by atoms with Crippen molar-refractivity contribution in [2.24, 2.45) is 0 Å². The number of ether oxygens (including phenoxy) is 2. The second-order valence-corrected chi connectivity index (χ2v) is 4.31. The van der Waals surface area contributed by atoms with Crippen LogP contribution in [-0.4, -0.2) is 25.6 Å². The summed E-state index contributed by atoms with van der Waals surface area (Å²) < 4.78 is 11.2. The van der Waals surface area contributed by atoms with E-state index in [1.54, 1.807) is 12.1 Å². The number of hydrogen-bond donors (Lipinski definition) is 0. The Morgan fingerprint density at radius 3 is 2.76 bits per heavy atom. The average molecular weight is 234 g/mol. The monoisotopic (exact) mass is 234 g/mol. The molecule has 1 unspecified atom stereocenters. The molecule has 0 amide bonds. The smallest absolute Gasteiger partial charge is 0.150 e. The van der Waals surface area contributed by atoms with Crippen LogP contribution < -0.4 is 4.74 Å². The molecule has 1 heterocycles. The highest BCUT2D eigenvalue weighted by molar-refractivity contribution is 5.74. The third-order valence-electron chi connectivity index (χ3n) is 3.00. The van der Waals surface area contributed by atoms with Gasteiger partial charge >= 0.3 is 0 Å². The zero-order valence-electron chi connectivity index (χ0n) is 9.93. The van der Waals surface area contributed by atoms with E-state index in [0.29, 0.717) is 18.3 Å². The van der Waals surface area contributed by atoms with E-state index in [9.17, 15) is 4.79 Å². The van der Waals surface area contributed by atoms with Crippen molar-refractivity contribution < 1.29 is 14.3 Å². The Hall–Kier alpha value is -1.35. The molecule has 0 radical (unpaired) electrons. The van der Waals surface area contributed by atoms with Crippen LogP contribution in [0.4, 0.5) is 0 Å². The lowest BCUT2D eigenvalue weighted by Gasteiger charge is -2.22. The summed E-state index contributed by atoms with van der Waals surface area (Å²) >= 11 is 0. The molecule has 92 valence electrons. The van der Waals surface area contributed by atoms with Crippen LogP contribution in [0.3, 0.4) is 0 Å². The molecular formula is C14H18O3. The molecule has 1 aliphatic heterocycles. The van der Waals surface area contributed by atoms with Gasteiger partial charge in [-0.25, -0.2) is 0 Å². The second kappa shape index (κ2) is 6.40. The molecule has 0 aromatic heterocycles. The lowest BCUT2D eigenvalue weighted by atomic mass is 10.1. The Kier molecular flexibility index (Phi) is 4.56. The van der Waals surface area contributed by atoms with E-state index >= 15 is 0 Å². The van der Waals surface area contributed by atoms with Crippen molar-refractivity contribution in [1.29, 1.82) is 0 Å². The van der Waals surface area contributed by atoms with Crippen molar-refractivity contribution in [3.8, 4) is 5.75 Å². The minimum atomic E-state index is 0.359. The van der Waals surface area contributed by atoms with Gasteiger partial charge in [0.2, 0.25) is 0 Å². The van der Waals surface area contributed by atoms with E-state index < -0.39 is 0 Å². The van der Waals surface area contributed by atoms with Crippen molar-refractivity contribution in [2.75, 3.05) is 13.2 Å². The van der Waals surface area contributed by atoms with Gasteiger partial charge in [-0.05, 0) is 43.5 Å². The van der Waals surface area contributed by atoms with Crippen LogP contribution in [0.5, 0.6) is 5.75 Å². The first kappa shape index (κ1) is 12.1. The van der Waals surface area contributed by atoms with Gasteiger partial charge < -0.3 is 9.47 Å². The summed E-state index contributed by atoms with van der Waals surface area (Å²) in [5, 5.41) is 0. The normalized spacial score (nSPS) is 19.9. The first-order chi connectivity index (χ1) is 8.38. The molecule has 0 bridgehead atoms. The SMILES string of the molecule is O=Cc1ccc(OCCC2CCCCO2)cc1. The fourth-order valence-corrected chi connectivity index (χ4v) is 1.99. The molecule has 0 saturated carbocycles. The zero-order valence-corrected chi connectivity index (χ0v) is 9.93. The summed E-state index contributed by atoms with van der Waals surface area (Å²) in [4.78, 5) is 10.5. The molecule has 1 saturated heterocycles. The van der Waals surface area contributed by atoms with Crippen LogP contribution in [0.15, 0.2) is 24.3 Å². The van der Waals surface area contributed by atoms with Crippen LogP contribution in [0.25, 0.3) is 0 Å². The van der Waals surface area contributed by atoms with Gasteiger partial charge in [-0.15, -0.1) is 0 Å². The second-order valence-electron chi connectivity index (χ2n) is 4.31. The predicted molar refractivity (Wildman–Crippen MR) is 65.5 cm³/mol. The third-order valence-corrected chi connectivity index (χ3v) is 3.00. The highest BCUT2D eigenvalue weighted by Gasteiger charge is 2.13. The average Bonchev–Trinajstić information content (AvgIpc) is 2.41. The third kappa shape index (κ3) is 3.86. The largest absolute Gasteiger partial charge is 0.493 e. The van der Waals surface area contributed by atoms with Gasteiger partial charge in [0.25, 0.3) is 0 Å². The van der Waals surface area contributed by atoms with E-state index in [1.807, 2.05) is 12.1 Å². The van der Waals surface area contributed by atoms with E-state index in [-0.39, 0.29) is 0 Å². The van der Waals surface area contributed by atoms with Crippen molar-refractivity contribution in [3.63, 3.8) is 0 Å².